The Balaban J connectivity index is 1.65. The van der Waals surface area contributed by atoms with Gasteiger partial charge in [-0.05, 0) is 24.3 Å². The van der Waals surface area contributed by atoms with Crippen LogP contribution in [0.5, 0.6) is 0 Å². The fourth-order valence-corrected chi connectivity index (χ4v) is 2.88. The number of carbonyl (C=O) groups excluding carboxylic acids is 1. The molecule has 0 radical (unpaired) electrons. The van der Waals surface area contributed by atoms with E-state index in [2.05, 4.69) is 10.3 Å². The van der Waals surface area contributed by atoms with Crippen molar-refractivity contribution in [1.29, 1.82) is 0 Å². The summed E-state index contributed by atoms with van der Waals surface area (Å²) in [7, 11) is 0. The van der Waals surface area contributed by atoms with E-state index in [0.29, 0.717) is 23.1 Å². The van der Waals surface area contributed by atoms with Gasteiger partial charge in [0.05, 0.1) is 0 Å². The molecule has 0 saturated heterocycles. The number of aromatic nitrogens is 1. The maximum absolute atomic E-state index is 11.5. The molecule has 19 heavy (non-hydrogen) atoms. The molecule has 0 saturated carbocycles. The van der Waals surface area contributed by atoms with Crippen LogP contribution in [0.3, 0.4) is 0 Å². The van der Waals surface area contributed by atoms with Crippen molar-refractivity contribution in [2.75, 3.05) is 17.7 Å². The number of anilines is 1. The van der Waals surface area contributed by atoms with Gasteiger partial charge in [-0.25, -0.2) is 9.78 Å². The number of amides is 1. The van der Waals surface area contributed by atoms with Crippen molar-refractivity contribution in [3.8, 4) is 0 Å². The molecule has 0 unspecified atom stereocenters. The van der Waals surface area contributed by atoms with Crippen molar-refractivity contribution in [1.82, 2.24) is 4.98 Å². The smallest absolute Gasteiger partial charge is 0.411 e. The van der Waals surface area contributed by atoms with Crippen LogP contribution in [0.2, 0.25) is 5.02 Å². The van der Waals surface area contributed by atoms with Crippen molar-refractivity contribution >= 4 is 46.5 Å². The minimum absolute atomic E-state index is 0.337. The number of nitrogens with zero attached hydrogens (tertiary/aromatic N) is 1. The van der Waals surface area contributed by atoms with E-state index in [1.165, 1.54) is 0 Å². The number of thioether (sulfide) groups is 1. The predicted molar refractivity (Wildman–Crippen MR) is 79.3 cm³/mol. The monoisotopic (exact) mass is 314 g/mol. The molecule has 0 aliphatic rings. The molecule has 1 aromatic heterocycles. The number of hydrogen-bond donors (Lipinski definition) is 1. The normalized spacial score (nSPS) is 10.2. The van der Waals surface area contributed by atoms with Gasteiger partial charge in [-0.1, -0.05) is 23.4 Å². The van der Waals surface area contributed by atoms with E-state index in [0.717, 1.165) is 4.34 Å². The fourth-order valence-electron chi connectivity index (χ4n) is 1.23. The first-order valence-corrected chi connectivity index (χ1v) is 7.70. The zero-order valence-electron chi connectivity index (χ0n) is 9.84. The van der Waals surface area contributed by atoms with Crippen molar-refractivity contribution in [2.45, 2.75) is 4.34 Å². The van der Waals surface area contributed by atoms with Gasteiger partial charge >= 0.3 is 6.09 Å². The van der Waals surface area contributed by atoms with Crippen LogP contribution in [-0.2, 0) is 4.74 Å². The number of thiazole rings is 1. The highest BCUT2D eigenvalue weighted by Gasteiger charge is 2.03. The van der Waals surface area contributed by atoms with Crippen LogP contribution in [0.4, 0.5) is 10.5 Å². The Morgan fingerprint density at radius 2 is 2.21 bits per heavy atom. The summed E-state index contributed by atoms with van der Waals surface area (Å²) in [5.74, 6) is 0.682. The highest BCUT2D eigenvalue weighted by molar-refractivity contribution is 8.01. The quantitative estimate of drug-likeness (QED) is 0.665. The summed E-state index contributed by atoms with van der Waals surface area (Å²) >= 11 is 8.88. The first-order valence-electron chi connectivity index (χ1n) is 5.46. The van der Waals surface area contributed by atoms with Crippen LogP contribution in [0, 0.1) is 0 Å². The molecule has 7 heteroatoms. The van der Waals surface area contributed by atoms with Crippen LogP contribution in [0.1, 0.15) is 0 Å². The molecule has 1 N–H and O–H groups in total. The van der Waals surface area contributed by atoms with Gasteiger partial charge in [0.2, 0.25) is 0 Å². The Bertz CT molecular complexity index is 517. The summed E-state index contributed by atoms with van der Waals surface area (Å²) in [6.07, 6.45) is 1.28. The lowest BCUT2D eigenvalue weighted by Crippen LogP contribution is -2.15. The van der Waals surface area contributed by atoms with E-state index in [9.17, 15) is 4.79 Å². The molecule has 0 aliphatic heterocycles. The van der Waals surface area contributed by atoms with Gasteiger partial charge in [-0.3, -0.25) is 5.32 Å². The second-order valence-electron chi connectivity index (χ2n) is 3.41. The number of benzene rings is 1. The molecule has 0 bridgehead atoms. The third kappa shape index (κ3) is 5.10. The topological polar surface area (TPSA) is 51.2 Å². The standard InChI is InChI=1S/C12H11ClN2O2S2/c13-9-1-3-10(4-2-9)15-11(16)17-6-8-19-12-14-5-7-18-12/h1-5,7H,6,8H2,(H,15,16). The number of ether oxygens (including phenoxy) is 1. The molecule has 1 aromatic carbocycles. The molecule has 100 valence electrons. The van der Waals surface area contributed by atoms with Gasteiger partial charge in [0.1, 0.15) is 10.9 Å². The summed E-state index contributed by atoms with van der Waals surface area (Å²) < 4.78 is 6.02. The van der Waals surface area contributed by atoms with Gasteiger partial charge in [0, 0.05) is 28.0 Å². The molecule has 0 atom stereocenters. The van der Waals surface area contributed by atoms with Crippen LogP contribution in [0.25, 0.3) is 0 Å². The first kappa shape index (κ1) is 14.2. The van der Waals surface area contributed by atoms with Gasteiger partial charge in [0.25, 0.3) is 0 Å². The Labute approximate surface area is 124 Å². The average Bonchev–Trinajstić information content (AvgIpc) is 2.91. The van der Waals surface area contributed by atoms with E-state index in [1.807, 2.05) is 5.38 Å². The van der Waals surface area contributed by atoms with Crippen LogP contribution in [-0.4, -0.2) is 23.4 Å². The van der Waals surface area contributed by atoms with Crippen LogP contribution < -0.4 is 5.32 Å². The zero-order chi connectivity index (χ0) is 13.5. The number of hydrogen-bond acceptors (Lipinski definition) is 5. The number of nitrogens with one attached hydrogen (secondary N) is 1. The maximum atomic E-state index is 11.5. The van der Waals surface area contributed by atoms with Crippen LogP contribution >= 0.6 is 34.7 Å². The second-order valence-corrected chi connectivity index (χ2v) is 6.09. The van der Waals surface area contributed by atoms with Crippen molar-refractivity contribution in [3.05, 3.63) is 40.9 Å². The largest absolute Gasteiger partial charge is 0.448 e. The third-order valence-electron chi connectivity index (χ3n) is 2.04. The summed E-state index contributed by atoms with van der Waals surface area (Å²) in [5, 5.41) is 5.16. The van der Waals surface area contributed by atoms with E-state index < -0.39 is 6.09 Å². The Kier molecular flexibility index (Phi) is 5.50. The minimum atomic E-state index is -0.470. The highest BCUT2D eigenvalue weighted by Crippen LogP contribution is 2.19. The van der Waals surface area contributed by atoms with E-state index >= 15 is 0 Å². The van der Waals surface area contributed by atoms with Crippen molar-refractivity contribution in [3.63, 3.8) is 0 Å². The molecule has 0 aliphatic carbocycles. The zero-order valence-corrected chi connectivity index (χ0v) is 12.2. The summed E-state index contributed by atoms with van der Waals surface area (Å²) in [6, 6.07) is 6.84. The molecule has 1 amide bonds. The van der Waals surface area contributed by atoms with E-state index in [1.54, 1.807) is 53.6 Å². The fraction of sp³-hybridized carbons (Fsp3) is 0.167. The molecule has 2 aromatic rings. The predicted octanol–water partition coefficient (Wildman–Crippen LogP) is 4.14. The Morgan fingerprint density at radius 3 is 2.89 bits per heavy atom. The second kappa shape index (κ2) is 7.37. The SMILES string of the molecule is O=C(Nc1ccc(Cl)cc1)OCCSc1nccs1. The molecule has 2 rings (SSSR count). The summed E-state index contributed by atoms with van der Waals surface area (Å²) in [5.41, 5.74) is 0.655. The van der Waals surface area contributed by atoms with Gasteiger partial charge < -0.3 is 4.74 Å². The number of halogens is 1. The van der Waals surface area contributed by atoms with Gasteiger partial charge in [-0.15, -0.1) is 11.3 Å². The molecular weight excluding hydrogens is 304 g/mol. The number of carbonyl (C=O) groups is 1. The summed E-state index contributed by atoms with van der Waals surface area (Å²) in [6.45, 7) is 0.337. The van der Waals surface area contributed by atoms with E-state index in [4.69, 9.17) is 16.3 Å². The average molecular weight is 315 g/mol. The van der Waals surface area contributed by atoms with Gasteiger partial charge in [0.15, 0.2) is 0 Å². The van der Waals surface area contributed by atoms with E-state index in [-0.39, 0.29) is 0 Å². The van der Waals surface area contributed by atoms with Crippen molar-refractivity contribution < 1.29 is 9.53 Å². The van der Waals surface area contributed by atoms with Crippen molar-refractivity contribution in [2.24, 2.45) is 0 Å². The Hall–Kier alpha value is -1.24. The highest BCUT2D eigenvalue weighted by atomic mass is 35.5. The molecule has 1 heterocycles. The maximum Gasteiger partial charge on any atom is 0.411 e. The molecule has 0 fully saturated rings. The lowest BCUT2D eigenvalue weighted by atomic mass is 10.3. The molecule has 0 spiro atoms. The lowest BCUT2D eigenvalue weighted by molar-refractivity contribution is 0.169. The first-order chi connectivity index (χ1) is 9.24. The minimum Gasteiger partial charge on any atom is -0.448 e. The van der Waals surface area contributed by atoms with Crippen LogP contribution in [0.15, 0.2) is 40.2 Å². The molecular formula is C12H11ClN2O2S2. The third-order valence-corrected chi connectivity index (χ3v) is 4.22. The van der Waals surface area contributed by atoms with Gasteiger partial charge in [-0.2, -0.15) is 0 Å². The molecule has 4 nitrogen and oxygen atoms in total. The summed E-state index contributed by atoms with van der Waals surface area (Å²) in [4.78, 5) is 15.6. The Morgan fingerprint density at radius 1 is 1.42 bits per heavy atom. The number of rotatable bonds is 5. The lowest BCUT2D eigenvalue weighted by Gasteiger charge is -2.06.